The van der Waals surface area contributed by atoms with Crippen LogP contribution >= 0.6 is 0 Å². The molecule has 1 radical (unpaired) electrons. The summed E-state index contributed by atoms with van der Waals surface area (Å²) in [6.45, 7) is 2.15. The van der Waals surface area contributed by atoms with E-state index in [-0.39, 0.29) is 0 Å². The van der Waals surface area contributed by atoms with Gasteiger partial charge in [-0.25, -0.2) is 8.42 Å². The van der Waals surface area contributed by atoms with Gasteiger partial charge in [0.2, 0.25) is 9.84 Å². The number of nitrogens with one attached hydrogen (secondary N) is 1. The van der Waals surface area contributed by atoms with Gasteiger partial charge in [0.05, 0.1) is 15.5 Å². The normalized spacial score (nSPS) is 11.8. The first kappa shape index (κ1) is 19.5. The molecule has 0 fully saturated rings. The average molecular weight is 403 g/mol. The lowest BCUT2D eigenvalue weighted by atomic mass is 10.0. The van der Waals surface area contributed by atoms with Crippen molar-refractivity contribution in [3.05, 3.63) is 84.4 Å². The Morgan fingerprint density at radius 1 is 0.862 bits per heavy atom. The molecule has 0 unspecified atom stereocenters. The maximum absolute atomic E-state index is 13.4. The number of rotatable bonds is 7. The Morgan fingerprint density at radius 3 is 2.24 bits per heavy atom. The van der Waals surface area contributed by atoms with Crippen molar-refractivity contribution in [1.82, 2.24) is 4.98 Å². The van der Waals surface area contributed by atoms with Crippen molar-refractivity contribution in [3.8, 4) is 11.3 Å². The van der Waals surface area contributed by atoms with Gasteiger partial charge in [-0.1, -0.05) is 68.3 Å². The predicted molar refractivity (Wildman–Crippen MR) is 118 cm³/mol. The summed E-state index contributed by atoms with van der Waals surface area (Å²) in [4.78, 5) is 4.13. The van der Waals surface area contributed by atoms with Crippen molar-refractivity contribution in [2.24, 2.45) is 0 Å². The average Bonchev–Trinajstić information content (AvgIpc) is 3.20. The summed E-state index contributed by atoms with van der Waals surface area (Å²) in [7, 11) is -3.59. The Kier molecular flexibility index (Phi) is 5.54. The number of aryl methyl sites for hydroxylation is 1. The molecule has 0 aliphatic carbocycles. The number of hydrogen-bond donors (Lipinski definition) is 1. The molecule has 4 rings (SSSR count). The zero-order chi connectivity index (χ0) is 20.3. The summed E-state index contributed by atoms with van der Waals surface area (Å²) in [6.07, 6.45) is 3.82. The SMILES string of the molecule is CCCCCc1c(S(=O)(=O)c2ccccc2)ccc2[nH]c(-c3ccccc3)[c]c12. The van der Waals surface area contributed by atoms with E-state index in [1.54, 1.807) is 30.3 Å². The van der Waals surface area contributed by atoms with Gasteiger partial charge >= 0.3 is 0 Å². The van der Waals surface area contributed by atoms with Crippen molar-refractivity contribution in [1.29, 1.82) is 0 Å². The molecule has 0 spiro atoms. The molecule has 147 valence electrons. The van der Waals surface area contributed by atoms with Gasteiger partial charge < -0.3 is 4.98 Å². The first-order valence-corrected chi connectivity index (χ1v) is 11.5. The van der Waals surface area contributed by atoms with Crippen molar-refractivity contribution in [2.45, 2.75) is 42.4 Å². The van der Waals surface area contributed by atoms with Gasteiger partial charge in [0, 0.05) is 17.0 Å². The van der Waals surface area contributed by atoms with Crippen LogP contribution in [-0.4, -0.2) is 13.4 Å². The van der Waals surface area contributed by atoms with Crippen LogP contribution in [0.3, 0.4) is 0 Å². The molecule has 0 atom stereocenters. The number of sulfone groups is 1. The van der Waals surface area contributed by atoms with Crippen LogP contribution in [0.25, 0.3) is 22.2 Å². The highest BCUT2D eigenvalue weighted by Gasteiger charge is 2.23. The van der Waals surface area contributed by atoms with Gasteiger partial charge in [-0.2, -0.15) is 0 Å². The highest BCUT2D eigenvalue weighted by molar-refractivity contribution is 7.91. The molecule has 0 saturated carbocycles. The van der Waals surface area contributed by atoms with E-state index >= 15 is 0 Å². The van der Waals surface area contributed by atoms with E-state index in [4.69, 9.17) is 0 Å². The Balaban J connectivity index is 1.89. The monoisotopic (exact) mass is 402 g/mol. The van der Waals surface area contributed by atoms with E-state index in [1.165, 1.54) is 0 Å². The number of aromatic amines is 1. The van der Waals surface area contributed by atoms with E-state index in [2.05, 4.69) is 18.0 Å². The molecule has 29 heavy (non-hydrogen) atoms. The van der Waals surface area contributed by atoms with Gasteiger partial charge in [-0.3, -0.25) is 0 Å². The van der Waals surface area contributed by atoms with Gasteiger partial charge in [0.25, 0.3) is 0 Å². The molecule has 0 aliphatic heterocycles. The van der Waals surface area contributed by atoms with Crippen LogP contribution in [0.4, 0.5) is 0 Å². The Morgan fingerprint density at radius 2 is 1.55 bits per heavy atom. The number of hydrogen-bond acceptors (Lipinski definition) is 2. The fraction of sp³-hybridized carbons (Fsp3) is 0.200. The Bertz CT molecular complexity index is 1210. The molecule has 1 heterocycles. The van der Waals surface area contributed by atoms with Crippen molar-refractivity contribution >= 4 is 20.7 Å². The quantitative estimate of drug-likeness (QED) is 0.374. The lowest BCUT2D eigenvalue weighted by Gasteiger charge is -2.12. The van der Waals surface area contributed by atoms with Crippen LogP contribution in [0.1, 0.15) is 31.7 Å². The zero-order valence-corrected chi connectivity index (χ0v) is 17.3. The number of aromatic nitrogens is 1. The highest BCUT2D eigenvalue weighted by Crippen LogP contribution is 2.33. The molecule has 3 aromatic carbocycles. The van der Waals surface area contributed by atoms with Gasteiger partial charge in [-0.15, -0.1) is 0 Å². The van der Waals surface area contributed by atoms with Crippen molar-refractivity contribution in [3.63, 3.8) is 0 Å². The molecule has 0 bridgehead atoms. The molecule has 0 saturated heterocycles. The summed E-state index contributed by atoms with van der Waals surface area (Å²) in [6, 6.07) is 25.7. The van der Waals surface area contributed by atoms with Crippen LogP contribution in [0, 0.1) is 6.07 Å². The minimum absolute atomic E-state index is 0.329. The fourth-order valence-electron chi connectivity index (χ4n) is 3.69. The maximum Gasteiger partial charge on any atom is 0.206 e. The molecule has 4 aromatic rings. The zero-order valence-electron chi connectivity index (χ0n) is 16.5. The maximum atomic E-state index is 13.4. The second-order valence-corrected chi connectivity index (χ2v) is 9.15. The Labute approximate surface area is 172 Å². The van der Waals surface area contributed by atoms with Crippen LogP contribution in [0.5, 0.6) is 0 Å². The van der Waals surface area contributed by atoms with Crippen LogP contribution < -0.4 is 0 Å². The largest absolute Gasteiger partial charge is 0.354 e. The molecule has 3 nitrogen and oxygen atoms in total. The molecule has 0 aliphatic rings. The summed E-state index contributed by atoms with van der Waals surface area (Å²) >= 11 is 0. The van der Waals surface area contributed by atoms with Crippen LogP contribution in [0.15, 0.2) is 82.6 Å². The summed E-state index contributed by atoms with van der Waals surface area (Å²) in [5.41, 5.74) is 3.70. The minimum Gasteiger partial charge on any atom is -0.354 e. The predicted octanol–water partition coefficient (Wildman–Crippen LogP) is 6.20. The highest BCUT2D eigenvalue weighted by atomic mass is 32.2. The van der Waals surface area contributed by atoms with E-state index < -0.39 is 9.84 Å². The van der Waals surface area contributed by atoms with E-state index in [9.17, 15) is 8.42 Å². The summed E-state index contributed by atoms with van der Waals surface area (Å²) in [5, 5.41) is 0.872. The number of H-pyrrole nitrogens is 1. The van der Waals surface area contributed by atoms with E-state index in [1.807, 2.05) is 42.5 Å². The second kappa shape index (κ2) is 8.26. The molecular weight excluding hydrogens is 378 g/mol. The van der Waals surface area contributed by atoms with Gasteiger partial charge in [0.1, 0.15) is 0 Å². The second-order valence-electron chi connectivity index (χ2n) is 7.23. The lowest BCUT2D eigenvalue weighted by Crippen LogP contribution is -2.06. The number of unbranched alkanes of at least 4 members (excludes halogenated alkanes) is 2. The molecule has 4 heteroatoms. The smallest absolute Gasteiger partial charge is 0.206 e. The van der Waals surface area contributed by atoms with Crippen molar-refractivity contribution < 1.29 is 8.42 Å². The summed E-state index contributed by atoms with van der Waals surface area (Å²) in [5.74, 6) is 0. The third-order valence-corrected chi connectivity index (χ3v) is 7.07. The van der Waals surface area contributed by atoms with Gasteiger partial charge in [-0.05, 0) is 48.2 Å². The standard InChI is InChI=1S/C25H24NO2S/c1-2-3-6-15-21-22-18-24(19-11-7-4-8-12-19)26-23(22)16-17-25(21)29(27,28)20-13-9-5-10-14-20/h4-5,7-14,16-17,26H,2-3,6,15H2,1H3. The number of benzene rings is 3. The molecule has 1 N–H and O–H groups in total. The molecular formula is C25H24NO2S. The third-order valence-electron chi connectivity index (χ3n) is 5.22. The van der Waals surface area contributed by atoms with Crippen LogP contribution in [-0.2, 0) is 16.3 Å². The lowest BCUT2D eigenvalue weighted by molar-refractivity contribution is 0.594. The van der Waals surface area contributed by atoms with Crippen LogP contribution in [0.2, 0.25) is 0 Å². The van der Waals surface area contributed by atoms with Gasteiger partial charge in [0.15, 0.2) is 0 Å². The minimum atomic E-state index is -3.59. The summed E-state index contributed by atoms with van der Waals surface area (Å²) < 4.78 is 26.8. The molecule has 0 amide bonds. The first-order chi connectivity index (χ1) is 14.1. The third kappa shape index (κ3) is 3.85. The van der Waals surface area contributed by atoms with Crippen molar-refractivity contribution in [2.75, 3.05) is 0 Å². The molecule has 1 aromatic heterocycles. The van der Waals surface area contributed by atoms with E-state index in [0.29, 0.717) is 9.79 Å². The first-order valence-electron chi connectivity index (χ1n) is 10.0. The van der Waals surface area contributed by atoms with E-state index in [0.717, 1.165) is 53.4 Å². The fourth-order valence-corrected chi connectivity index (χ4v) is 5.24. The Hall–Kier alpha value is -2.85. The topological polar surface area (TPSA) is 49.9 Å². The number of fused-ring (bicyclic) bond motifs is 1.